The maximum absolute atomic E-state index is 12.5. The molecule has 2 saturated heterocycles. The number of hydrogen-bond donors (Lipinski definition) is 1. The van der Waals surface area contributed by atoms with Crippen molar-refractivity contribution >= 4 is 15.7 Å². The Morgan fingerprint density at radius 3 is 2.48 bits per heavy atom. The fraction of sp³-hybridized carbons (Fsp3) is 0.611. The molecule has 0 unspecified atom stereocenters. The number of likely N-dealkylation sites (N-methyl/N-ethyl adjacent to an activating group) is 1. The first-order valence-corrected chi connectivity index (χ1v) is 10.6. The van der Waals surface area contributed by atoms with Crippen LogP contribution in [0.3, 0.4) is 0 Å². The molecule has 0 aliphatic carbocycles. The van der Waals surface area contributed by atoms with Gasteiger partial charge < -0.3 is 10.0 Å². The number of carbonyl (C=O) groups excluding carboxylic acids is 1. The molecular weight excluding hydrogens is 340 g/mol. The molecule has 1 aromatic rings. The van der Waals surface area contributed by atoms with Crippen LogP contribution in [0.4, 0.5) is 0 Å². The molecule has 2 aliphatic rings. The monoisotopic (exact) mass is 366 g/mol. The molecule has 138 valence electrons. The Bertz CT molecular complexity index is 712. The molecule has 0 spiro atoms. The smallest absolute Gasteiger partial charge is 0.236 e. The highest BCUT2D eigenvalue weighted by atomic mass is 32.2. The molecule has 1 atom stereocenters. The lowest BCUT2D eigenvalue weighted by molar-refractivity contribution is -0.137. The van der Waals surface area contributed by atoms with E-state index in [0.717, 1.165) is 5.56 Å². The van der Waals surface area contributed by atoms with E-state index in [-0.39, 0.29) is 30.0 Å². The van der Waals surface area contributed by atoms with Crippen molar-refractivity contribution in [3.63, 3.8) is 0 Å². The molecule has 2 fully saturated rings. The molecule has 25 heavy (non-hydrogen) atoms. The summed E-state index contributed by atoms with van der Waals surface area (Å²) in [5.74, 6) is 0.357. The Balaban J connectivity index is 1.53. The Morgan fingerprint density at radius 2 is 1.92 bits per heavy atom. The van der Waals surface area contributed by atoms with Crippen LogP contribution in [0.1, 0.15) is 24.8 Å². The maximum Gasteiger partial charge on any atom is 0.236 e. The Hall–Kier alpha value is -1.44. The van der Waals surface area contributed by atoms with Crippen molar-refractivity contribution in [3.8, 4) is 0 Å². The number of piperidine rings is 1. The van der Waals surface area contributed by atoms with Crippen molar-refractivity contribution in [1.29, 1.82) is 0 Å². The van der Waals surface area contributed by atoms with Crippen molar-refractivity contribution in [2.24, 2.45) is 0 Å². The quantitative estimate of drug-likeness (QED) is 0.845. The lowest BCUT2D eigenvalue weighted by Gasteiger charge is -2.39. The molecule has 2 aliphatic heterocycles. The van der Waals surface area contributed by atoms with Gasteiger partial charge in [-0.3, -0.25) is 9.69 Å². The van der Waals surface area contributed by atoms with E-state index in [2.05, 4.69) is 0 Å². The summed E-state index contributed by atoms with van der Waals surface area (Å²) in [6.45, 7) is 1.26. The van der Waals surface area contributed by atoms with Crippen molar-refractivity contribution in [1.82, 2.24) is 9.80 Å². The second-order valence-electron chi connectivity index (χ2n) is 7.25. The van der Waals surface area contributed by atoms with Crippen LogP contribution >= 0.6 is 0 Å². The average Bonchev–Trinajstić information content (AvgIpc) is 2.96. The zero-order valence-corrected chi connectivity index (χ0v) is 15.4. The zero-order chi connectivity index (χ0) is 18.1. The third-order valence-corrected chi connectivity index (χ3v) is 7.22. The van der Waals surface area contributed by atoms with Crippen LogP contribution in [0.2, 0.25) is 0 Å². The van der Waals surface area contributed by atoms with Crippen LogP contribution in [0.15, 0.2) is 30.3 Å². The summed E-state index contributed by atoms with van der Waals surface area (Å²) < 4.78 is 23.2. The van der Waals surface area contributed by atoms with Crippen molar-refractivity contribution in [2.75, 3.05) is 38.2 Å². The Labute approximate surface area is 149 Å². The Kier molecular flexibility index (Phi) is 5.18. The van der Waals surface area contributed by atoms with Gasteiger partial charge in [0.2, 0.25) is 5.91 Å². The minimum absolute atomic E-state index is 0.00177. The van der Waals surface area contributed by atoms with Crippen LogP contribution in [0, 0.1) is 0 Å². The maximum atomic E-state index is 12.5. The van der Waals surface area contributed by atoms with Gasteiger partial charge in [-0.05, 0) is 31.9 Å². The number of nitrogens with zero attached hydrogens (tertiary/aromatic N) is 2. The van der Waals surface area contributed by atoms with Crippen LogP contribution in [-0.4, -0.2) is 73.5 Å². The first kappa shape index (κ1) is 18.4. The first-order chi connectivity index (χ1) is 11.8. The zero-order valence-electron chi connectivity index (χ0n) is 14.6. The van der Waals surface area contributed by atoms with Crippen LogP contribution in [0.25, 0.3) is 0 Å². The summed E-state index contributed by atoms with van der Waals surface area (Å²) in [4.78, 5) is 16.2. The number of carbonyl (C=O) groups is 1. The van der Waals surface area contributed by atoms with Crippen LogP contribution in [-0.2, 0) is 20.2 Å². The van der Waals surface area contributed by atoms with Crippen LogP contribution in [0.5, 0.6) is 0 Å². The lowest BCUT2D eigenvalue weighted by Crippen LogP contribution is -2.49. The molecule has 3 rings (SSSR count). The van der Waals surface area contributed by atoms with Gasteiger partial charge in [-0.15, -0.1) is 0 Å². The summed E-state index contributed by atoms with van der Waals surface area (Å²) in [6, 6.07) is 9.52. The predicted octanol–water partition coefficient (Wildman–Crippen LogP) is 0.615. The van der Waals surface area contributed by atoms with Gasteiger partial charge in [-0.25, -0.2) is 8.42 Å². The number of sulfone groups is 1. The topological polar surface area (TPSA) is 77.9 Å². The number of rotatable bonds is 4. The molecule has 2 heterocycles. The van der Waals surface area contributed by atoms with Gasteiger partial charge in [0, 0.05) is 19.1 Å². The second kappa shape index (κ2) is 7.05. The van der Waals surface area contributed by atoms with Gasteiger partial charge in [0.15, 0.2) is 9.84 Å². The lowest BCUT2D eigenvalue weighted by atomic mass is 9.84. The largest absolute Gasteiger partial charge is 0.385 e. The molecule has 0 saturated carbocycles. The number of hydrogen-bond acceptors (Lipinski definition) is 5. The number of likely N-dealkylation sites (tertiary alicyclic amines) is 1. The van der Waals surface area contributed by atoms with Gasteiger partial charge in [0.05, 0.1) is 23.7 Å². The first-order valence-electron chi connectivity index (χ1n) is 8.75. The van der Waals surface area contributed by atoms with Gasteiger partial charge >= 0.3 is 0 Å². The van der Waals surface area contributed by atoms with Crippen molar-refractivity contribution in [3.05, 3.63) is 35.9 Å². The van der Waals surface area contributed by atoms with Gasteiger partial charge in [0.1, 0.15) is 0 Å². The van der Waals surface area contributed by atoms with E-state index < -0.39 is 15.4 Å². The molecular formula is C18H26N2O4S. The molecule has 0 bridgehead atoms. The fourth-order valence-electron chi connectivity index (χ4n) is 3.73. The fourth-order valence-corrected chi connectivity index (χ4v) is 5.53. The summed E-state index contributed by atoms with van der Waals surface area (Å²) in [7, 11) is -1.13. The van der Waals surface area contributed by atoms with E-state index in [0.29, 0.717) is 32.4 Å². The summed E-state index contributed by atoms with van der Waals surface area (Å²) >= 11 is 0. The normalized spacial score (nSPS) is 25.2. The molecule has 6 nitrogen and oxygen atoms in total. The highest BCUT2D eigenvalue weighted by molar-refractivity contribution is 7.91. The second-order valence-corrected chi connectivity index (χ2v) is 9.48. The standard InChI is InChI=1S/C18H26N2O4S/c1-19(16-7-12-25(23,24)14-16)13-17(21)20-10-8-18(22,9-11-20)15-5-3-2-4-6-15/h2-6,16,22H,7-14H2,1H3/t16-/m0/s1. The molecule has 1 amide bonds. The molecule has 0 aromatic heterocycles. The van der Waals surface area contributed by atoms with Crippen molar-refractivity contribution < 1.29 is 18.3 Å². The van der Waals surface area contributed by atoms with Gasteiger partial charge in [0.25, 0.3) is 0 Å². The van der Waals surface area contributed by atoms with E-state index >= 15 is 0 Å². The van der Waals surface area contributed by atoms with Crippen LogP contribution < -0.4 is 0 Å². The summed E-state index contributed by atoms with van der Waals surface area (Å²) in [5, 5.41) is 10.8. The third-order valence-electron chi connectivity index (χ3n) is 5.47. The van der Waals surface area contributed by atoms with E-state index in [9.17, 15) is 18.3 Å². The van der Waals surface area contributed by atoms with Gasteiger partial charge in [-0.2, -0.15) is 0 Å². The average molecular weight is 366 g/mol. The van der Waals surface area contributed by atoms with E-state index in [4.69, 9.17) is 0 Å². The molecule has 0 radical (unpaired) electrons. The highest BCUT2D eigenvalue weighted by Crippen LogP contribution is 2.32. The molecule has 7 heteroatoms. The van der Waals surface area contributed by atoms with E-state index in [1.165, 1.54) is 0 Å². The predicted molar refractivity (Wildman–Crippen MR) is 95.8 cm³/mol. The Morgan fingerprint density at radius 1 is 1.28 bits per heavy atom. The number of amides is 1. The van der Waals surface area contributed by atoms with E-state index in [1.807, 2.05) is 42.3 Å². The highest BCUT2D eigenvalue weighted by Gasteiger charge is 2.36. The van der Waals surface area contributed by atoms with Crippen molar-refractivity contribution in [2.45, 2.75) is 30.9 Å². The SMILES string of the molecule is CN(CC(=O)N1CCC(O)(c2ccccc2)CC1)[C@H]1CCS(=O)(=O)C1. The van der Waals surface area contributed by atoms with E-state index in [1.54, 1.807) is 4.90 Å². The minimum Gasteiger partial charge on any atom is -0.385 e. The third kappa shape index (κ3) is 4.22. The minimum atomic E-state index is -2.95. The number of aliphatic hydroxyl groups is 1. The number of benzene rings is 1. The molecule has 1 N–H and O–H groups in total. The van der Waals surface area contributed by atoms with Gasteiger partial charge in [-0.1, -0.05) is 30.3 Å². The summed E-state index contributed by atoms with van der Waals surface area (Å²) in [5.41, 5.74) is 0.0269. The summed E-state index contributed by atoms with van der Waals surface area (Å²) in [6.07, 6.45) is 1.63. The molecule has 1 aromatic carbocycles.